The van der Waals surface area contributed by atoms with Crippen molar-refractivity contribution in [2.45, 2.75) is 39.0 Å². The highest BCUT2D eigenvalue weighted by Crippen LogP contribution is 2.26. The van der Waals surface area contributed by atoms with Crippen molar-refractivity contribution in [3.63, 3.8) is 0 Å². The molecular formula is C25H36N4O2. The van der Waals surface area contributed by atoms with Crippen molar-refractivity contribution in [3.8, 4) is 5.75 Å². The van der Waals surface area contributed by atoms with Crippen LogP contribution in [-0.2, 0) is 17.9 Å². The Labute approximate surface area is 186 Å². The maximum atomic E-state index is 5.34. The van der Waals surface area contributed by atoms with Crippen molar-refractivity contribution in [1.82, 2.24) is 15.5 Å². The van der Waals surface area contributed by atoms with Crippen molar-refractivity contribution in [2.24, 2.45) is 4.99 Å². The Hall–Kier alpha value is -2.57. The second kappa shape index (κ2) is 12.3. The molecule has 168 valence electrons. The van der Waals surface area contributed by atoms with Crippen LogP contribution in [0.25, 0.3) is 0 Å². The minimum atomic E-state index is 0.304. The third-order valence-electron chi connectivity index (χ3n) is 5.71. The lowest BCUT2D eigenvalue weighted by molar-refractivity contribution is 0.184. The molecule has 0 aromatic heterocycles. The number of benzene rings is 2. The van der Waals surface area contributed by atoms with E-state index in [0.717, 1.165) is 37.9 Å². The third kappa shape index (κ3) is 6.71. The lowest BCUT2D eigenvalue weighted by atomic mass is 10.1. The smallest absolute Gasteiger partial charge is 0.191 e. The van der Waals surface area contributed by atoms with Gasteiger partial charge in [-0.15, -0.1) is 0 Å². The van der Waals surface area contributed by atoms with Gasteiger partial charge in [-0.1, -0.05) is 36.4 Å². The first-order valence-electron chi connectivity index (χ1n) is 11.2. The van der Waals surface area contributed by atoms with Crippen LogP contribution in [0.3, 0.4) is 0 Å². The van der Waals surface area contributed by atoms with Crippen molar-refractivity contribution >= 4 is 5.96 Å². The first kappa shape index (κ1) is 23.1. The predicted molar refractivity (Wildman–Crippen MR) is 127 cm³/mol. The molecule has 2 aromatic carbocycles. The Bertz CT molecular complexity index is 817. The topological polar surface area (TPSA) is 58.1 Å². The minimum absolute atomic E-state index is 0.304. The zero-order valence-corrected chi connectivity index (χ0v) is 19.1. The molecule has 6 heteroatoms. The predicted octanol–water partition coefficient (Wildman–Crippen LogP) is 3.73. The second-order valence-corrected chi connectivity index (χ2v) is 7.81. The number of ether oxygens (including phenoxy) is 2. The maximum absolute atomic E-state index is 5.34. The van der Waals surface area contributed by atoms with Crippen LogP contribution in [0.5, 0.6) is 5.75 Å². The Morgan fingerprint density at radius 1 is 1.00 bits per heavy atom. The van der Waals surface area contributed by atoms with E-state index in [0.29, 0.717) is 19.2 Å². The molecule has 1 heterocycles. The van der Waals surface area contributed by atoms with Crippen molar-refractivity contribution in [2.75, 3.05) is 40.4 Å². The van der Waals surface area contributed by atoms with Crippen molar-refractivity contribution in [3.05, 3.63) is 65.2 Å². The van der Waals surface area contributed by atoms with E-state index < -0.39 is 0 Å². The third-order valence-corrected chi connectivity index (χ3v) is 5.71. The van der Waals surface area contributed by atoms with Gasteiger partial charge in [0.25, 0.3) is 0 Å². The molecule has 2 N–H and O–H groups in total. The van der Waals surface area contributed by atoms with Gasteiger partial charge in [0.1, 0.15) is 5.75 Å². The molecule has 0 radical (unpaired) electrons. The van der Waals surface area contributed by atoms with Crippen LogP contribution in [0.15, 0.2) is 53.5 Å². The van der Waals surface area contributed by atoms with Crippen molar-refractivity contribution in [1.29, 1.82) is 0 Å². The molecule has 1 aliphatic rings. The molecule has 6 nitrogen and oxygen atoms in total. The van der Waals surface area contributed by atoms with E-state index in [1.807, 2.05) is 18.2 Å². The standard InChI is InChI=1S/C25H36N4O2/c1-4-26-25(27-17-21-9-5-6-10-22(21)19-30-2)28-18-24(29-15-7-8-16-29)20-11-13-23(31-3)14-12-20/h5-6,9-14,24H,4,7-8,15-19H2,1-3H3,(H2,26,27,28). The molecule has 0 saturated carbocycles. The number of likely N-dealkylation sites (tertiary alicyclic amines) is 1. The van der Waals surface area contributed by atoms with E-state index in [9.17, 15) is 0 Å². The van der Waals surface area contributed by atoms with Gasteiger partial charge >= 0.3 is 0 Å². The molecule has 0 amide bonds. The molecule has 0 bridgehead atoms. The zero-order chi connectivity index (χ0) is 21.9. The van der Waals surface area contributed by atoms with Crippen LogP contribution in [0.4, 0.5) is 0 Å². The summed E-state index contributed by atoms with van der Waals surface area (Å²) >= 11 is 0. The summed E-state index contributed by atoms with van der Waals surface area (Å²) in [6, 6.07) is 17.1. The van der Waals surface area contributed by atoms with Crippen LogP contribution < -0.4 is 15.4 Å². The quantitative estimate of drug-likeness (QED) is 0.450. The molecule has 0 aliphatic carbocycles. The highest BCUT2D eigenvalue weighted by Gasteiger charge is 2.23. The summed E-state index contributed by atoms with van der Waals surface area (Å²) < 4.78 is 10.7. The van der Waals surface area contributed by atoms with Crippen molar-refractivity contribution < 1.29 is 9.47 Å². The summed E-state index contributed by atoms with van der Waals surface area (Å²) in [6.07, 6.45) is 2.52. The lowest BCUT2D eigenvalue weighted by Crippen LogP contribution is -2.42. The summed E-state index contributed by atoms with van der Waals surface area (Å²) in [4.78, 5) is 7.41. The fourth-order valence-corrected chi connectivity index (χ4v) is 4.04. The highest BCUT2D eigenvalue weighted by atomic mass is 16.5. The molecule has 2 aromatic rings. The summed E-state index contributed by atoms with van der Waals surface area (Å²) in [5.41, 5.74) is 3.67. The number of nitrogens with one attached hydrogen (secondary N) is 2. The molecule has 1 atom stereocenters. The van der Waals surface area contributed by atoms with Crippen LogP contribution in [-0.4, -0.2) is 51.3 Å². The highest BCUT2D eigenvalue weighted by molar-refractivity contribution is 5.79. The van der Waals surface area contributed by atoms with Gasteiger partial charge in [-0.25, -0.2) is 4.99 Å². The normalized spacial score (nSPS) is 15.6. The average Bonchev–Trinajstić information content (AvgIpc) is 3.33. The summed E-state index contributed by atoms with van der Waals surface area (Å²) in [7, 11) is 3.43. The Kier molecular flexibility index (Phi) is 9.18. The Morgan fingerprint density at radius 2 is 1.71 bits per heavy atom. The van der Waals surface area contributed by atoms with E-state index in [-0.39, 0.29) is 0 Å². The van der Waals surface area contributed by atoms with Crippen LogP contribution in [0.2, 0.25) is 0 Å². The summed E-state index contributed by atoms with van der Waals surface area (Å²) in [6.45, 7) is 7.21. The largest absolute Gasteiger partial charge is 0.497 e. The number of methoxy groups -OCH3 is 2. The number of aliphatic imine (C=N–C) groups is 1. The maximum Gasteiger partial charge on any atom is 0.191 e. The number of guanidine groups is 1. The average molecular weight is 425 g/mol. The fourth-order valence-electron chi connectivity index (χ4n) is 4.04. The first-order valence-corrected chi connectivity index (χ1v) is 11.2. The van der Waals surface area contributed by atoms with E-state index in [1.54, 1.807) is 14.2 Å². The molecule has 31 heavy (non-hydrogen) atoms. The SMILES string of the molecule is CCNC(=NCc1ccccc1COC)NCC(c1ccc(OC)cc1)N1CCCC1. The first-order chi connectivity index (χ1) is 15.2. The number of rotatable bonds is 10. The second-order valence-electron chi connectivity index (χ2n) is 7.81. The zero-order valence-electron chi connectivity index (χ0n) is 19.1. The lowest BCUT2D eigenvalue weighted by Gasteiger charge is -2.29. The summed E-state index contributed by atoms with van der Waals surface area (Å²) in [5, 5.41) is 6.97. The molecule has 1 unspecified atom stereocenters. The summed E-state index contributed by atoms with van der Waals surface area (Å²) in [5.74, 6) is 1.73. The molecule has 3 rings (SSSR count). The van der Waals surface area contributed by atoms with Gasteiger partial charge in [0.15, 0.2) is 5.96 Å². The molecule has 1 fully saturated rings. The molecule has 0 spiro atoms. The fraction of sp³-hybridized carbons (Fsp3) is 0.480. The van der Waals surface area contributed by atoms with E-state index in [4.69, 9.17) is 14.5 Å². The van der Waals surface area contributed by atoms with Gasteiger partial charge in [-0.3, -0.25) is 4.90 Å². The Balaban J connectivity index is 1.71. The van der Waals surface area contributed by atoms with E-state index in [2.05, 4.69) is 52.8 Å². The van der Waals surface area contributed by atoms with Crippen LogP contribution in [0, 0.1) is 0 Å². The van der Waals surface area contributed by atoms with Gasteiger partial charge in [-0.05, 0) is 61.7 Å². The van der Waals surface area contributed by atoms with Gasteiger partial charge in [0, 0.05) is 20.2 Å². The van der Waals surface area contributed by atoms with Crippen LogP contribution in [0.1, 0.15) is 42.5 Å². The van der Waals surface area contributed by atoms with Gasteiger partial charge in [0.2, 0.25) is 0 Å². The Morgan fingerprint density at radius 3 is 2.35 bits per heavy atom. The number of hydrogen-bond donors (Lipinski definition) is 2. The van der Waals surface area contributed by atoms with Gasteiger partial charge in [-0.2, -0.15) is 0 Å². The van der Waals surface area contributed by atoms with Gasteiger partial charge in [0.05, 0.1) is 26.3 Å². The molecule has 1 saturated heterocycles. The molecule has 1 aliphatic heterocycles. The van der Waals surface area contributed by atoms with Crippen LogP contribution >= 0.6 is 0 Å². The van der Waals surface area contributed by atoms with E-state index >= 15 is 0 Å². The van der Waals surface area contributed by atoms with Gasteiger partial charge < -0.3 is 20.1 Å². The number of nitrogens with zero attached hydrogens (tertiary/aromatic N) is 2. The molecular weight excluding hydrogens is 388 g/mol. The van der Waals surface area contributed by atoms with E-state index in [1.165, 1.54) is 29.5 Å². The minimum Gasteiger partial charge on any atom is -0.497 e. The number of hydrogen-bond acceptors (Lipinski definition) is 4. The monoisotopic (exact) mass is 424 g/mol.